The Morgan fingerprint density at radius 2 is 1.88 bits per heavy atom. The van der Waals surface area contributed by atoms with E-state index in [1.165, 1.54) is 23.5 Å². The second kappa shape index (κ2) is 5.30. The Hall–Kier alpha value is -0.0400. The number of carbonyl (C=O) groups excluding carboxylic acids is 1. The van der Waals surface area contributed by atoms with Crippen molar-refractivity contribution < 1.29 is 9.18 Å². The van der Waals surface area contributed by atoms with E-state index in [4.69, 9.17) is 0 Å². The third kappa shape index (κ3) is 2.70. The summed E-state index contributed by atoms with van der Waals surface area (Å²) in [7, 11) is 0. The molecule has 0 aliphatic rings. The Kier molecular flexibility index (Phi) is 4.18. The number of rotatable bonds is 2. The number of halogens is 4. The maximum atomic E-state index is 13.3. The number of carbonyl (C=O) groups is 1. The molecule has 2 aromatic rings. The van der Waals surface area contributed by atoms with Gasteiger partial charge in [0.1, 0.15) is 5.82 Å². The number of hydrogen-bond donors (Lipinski definition) is 0. The summed E-state index contributed by atoms with van der Waals surface area (Å²) < 4.78 is 15.2. The minimum Gasteiger partial charge on any atom is -0.288 e. The largest absolute Gasteiger partial charge is 0.288 e. The molecule has 0 aliphatic heterocycles. The smallest absolute Gasteiger partial charge is 0.204 e. The fraction of sp³-hybridized carbons (Fsp3) is 0. The molecule has 1 nitrogen and oxygen atoms in total. The summed E-state index contributed by atoms with van der Waals surface area (Å²) in [6, 6.07) is 4.35. The van der Waals surface area contributed by atoms with Crippen LogP contribution in [0.25, 0.3) is 0 Å². The highest BCUT2D eigenvalue weighted by atomic mass is 79.9. The molecule has 0 saturated carbocycles. The summed E-state index contributed by atoms with van der Waals surface area (Å²) in [5, 5.41) is 1.81. The second-order valence-corrected chi connectivity index (χ2v) is 6.57. The first kappa shape index (κ1) is 13.4. The maximum Gasteiger partial charge on any atom is 0.204 e. The molecule has 1 aromatic carbocycles. The number of hydrogen-bond acceptors (Lipinski definition) is 2. The van der Waals surface area contributed by atoms with Crippen LogP contribution in [-0.2, 0) is 0 Å². The highest BCUT2D eigenvalue weighted by molar-refractivity contribution is 9.13. The molecule has 2 rings (SSSR count). The monoisotopic (exact) mass is 440 g/mol. The summed E-state index contributed by atoms with van der Waals surface area (Å²) in [5.74, 6) is -0.637. The van der Waals surface area contributed by atoms with Gasteiger partial charge in [-0.15, -0.1) is 11.3 Å². The molecule has 0 atom stereocenters. The minimum absolute atomic E-state index is 0.195. The third-order valence-electron chi connectivity index (χ3n) is 2.08. The second-order valence-electron chi connectivity index (χ2n) is 3.18. The van der Waals surface area contributed by atoms with Crippen LogP contribution >= 0.6 is 59.1 Å². The highest BCUT2D eigenvalue weighted by Gasteiger charge is 2.17. The molecular formula is C11H4Br3FOS. The van der Waals surface area contributed by atoms with E-state index in [0.717, 1.165) is 4.47 Å². The summed E-state index contributed by atoms with van der Waals surface area (Å²) in [6.07, 6.45) is 0. The molecule has 1 aromatic heterocycles. The van der Waals surface area contributed by atoms with Crippen LogP contribution in [0.4, 0.5) is 4.39 Å². The molecule has 0 amide bonds. The lowest BCUT2D eigenvalue weighted by Gasteiger charge is -2.01. The van der Waals surface area contributed by atoms with Crippen LogP contribution in [0.2, 0.25) is 0 Å². The Morgan fingerprint density at radius 3 is 2.41 bits per heavy atom. The van der Waals surface area contributed by atoms with Crippen LogP contribution in [-0.4, -0.2) is 5.78 Å². The molecule has 0 N–H and O–H groups in total. The Labute approximate surface area is 126 Å². The molecule has 6 heteroatoms. The zero-order valence-corrected chi connectivity index (χ0v) is 13.7. The van der Waals surface area contributed by atoms with Gasteiger partial charge in [-0.05, 0) is 66.0 Å². The van der Waals surface area contributed by atoms with Crippen LogP contribution in [0, 0.1) is 5.82 Å². The topological polar surface area (TPSA) is 17.1 Å². The number of benzene rings is 1. The molecular weight excluding hydrogens is 439 g/mol. The van der Waals surface area contributed by atoms with Crippen molar-refractivity contribution in [1.82, 2.24) is 0 Å². The van der Waals surface area contributed by atoms with Gasteiger partial charge < -0.3 is 0 Å². The molecule has 0 spiro atoms. The van der Waals surface area contributed by atoms with E-state index in [0.29, 0.717) is 19.4 Å². The number of thiophene rings is 1. The van der Waals surface area contributed by atoms with Crippen LogP contribution in [0.5, 0.6) is 0 Å². The standard InChI is InChI=1S/C11H4Br3FOS/c12-6-2-1-5(3-8(6)15)10(16)11-9(14)7(13)4-17-11/h1-4H. The summed E-state index contributed by atoms with van der Waals surface area (Å²) in [5.41, 5.74) is 0.334. The predicted octanol–water partition coefficient (Wildman–Crippen LogP) is 5.41. The number of ketones is 1. The van der Waals surface area contributed by atoms with Gasteiger partial charge in [-0.25, -0.2) is 4.39 Å². The molecule has 0 saturated heterocycles. The van der Waals surface area contributed by atoms with Crippen molar-refractivity contribution in [1.29, 1.82) is 0 Å². The Morgan fingerprint density at radius 1 is 1.18 bits per heavy atom. The van der Waals surface area contributed by atoms with E-state index in [9.17, 15) is 9.18 Å². The molecule has 0 aliphatic carbocycles. The molecule has 0 bridgehead atoms. The summed E-state index contributed by atoms with van der Waals surface area (Å²) >= 11 is 11.0. The van der Waals surface area contributed by atoms with Crippen LogP contribution in [0.15, 0.2) is 37.0 Å². The van der Waals surface area contributed by atoms with Gasteiger partial charge in [-0.1, -0.05) is 0 Å². The SMILES string of the molecule is O=C(c1ccc(Br)c(F)c1)c1scc(Br)c1Br. The van der Waals surface area contributed by atoms with Crippen molar-refractivity contribution in [3.63, 3.8) is 0 Å². The van der Waals surface area contributed by atoms with Gasteiger partial charge in [0.15, 0.2) is 0 Å². The van der Waals surface area contributed by atoms with E-state index in [1.807, 2.05) is 5.38 Å². The predicted molar refractivity (Wildman–Crippen MR) is 77.3 cm³/mol. The summed E-state index contributed by atoms with van der Waals surface area (Å²) in [6.45, 7) is 0. The van der Waals surface area contributed by atoms with Gasteiger partial charge in [0.2, 0.25) is 5.78 Å². The maximum absolute atomic E-state index is 13.3. The first-order valence-corrected chi connectivity index (χ1v) is 7.69. The van der Waals surface area contributed by atoms with Gasteiger partial charge >= 0.3 is 0 Å². The van der Waals surface area contributed by atoms with Gasteiger partial charge in [0.25, 0.3) is 0 Å². The molecule has 0 radical (unpaired) electrons. The van der Waals surface area contributed by atoms with E-state index >= 15 is 0 Å². The normalized spacial score (nSPS) is 10.6. The fourth-order valence-electron chi connectivity index (χ4n) is 1.24. The van der Waals surface area contributed by atoms with Gasteiger partial charge in [0.05, 0.1) is 13.8 Å². The van der Waals surface area contributed by atoms with Gasteiger partial charge in [-0.2, -0.15) is 0 Å². The molecule has 17 heavy (non-hydrogen) atoms. The first-order chi connectivity index (χ1) is 8.00. The van der Waals surface area contributed by atoms with Gasteiger partial charge in [0, 0.05) is 15.4 Å². The minimum atomic E-state index is -0.442. The van der Waals surface area contributed by atoms with E-state index < -0.39 is 5.82 Å². The van der Waals surface area contributed by atoms with Crippen molar-refractivity contribution in [2.75, 3.05) is 0 Å². The lowest BCUT2D eigenvalue weighted by Crippen LogP contribution is -2.00. The summed E-state index contributed by atoms with van der Waals surface area (Å²) in [4.78, 5) is 12.7. The Balaban J connectivity index is 2.44. The van der Waals surface area contributed by atoms with E-state index in [2.05, 4.69) is 47.8 Å². The van der Waals surface area contributed by atoms with Crippen LogP contribution < -0.4 is 0 Å². The van der Waals surface area contributed by atoms with Crippen molar-refractivity contribution in [2.45, 2.75) is 0 Å². The zero-order chi connectivity index (χ0) is 12.6. The fourth-order valence-corrected chi connectivity index (χ4v) is 3.60. The lowest BCUT2D eigenvalue weighted by molar-refractivity contribution is 0.104. The quantitative estimate of drug-likeness (QED) is 0.569. The van der Waals surface area contributed by atoms with Crippen molar-refractivity contribution in [3.8, 4) is 0 Å². The van der Waals surface area contributed by atoms with Crippen LogP contribution in [0.1, 0.15) is 15.2 Å². The highest BCUT2D eigenvalue weighted by Crippen LogP contribution is 2.34. The van der Waals surface area contributed by atoms with E-state index in [-0.39, 0.29) is 5.78 Å². The van der Waals surface area contributed by atoms with Crippen molar-refractivity contribution >= 4 is 64.9 Å². The van der Waals surface area contributed by atoms with Crippen LogP contribution in [0.3, 0.4) is 0 Å². The van der Waals surface area contributed by atoms with E-state index in [1.54, 1.807) is 6.07 Å². The van der Waals surface area contributed by atoms with Crippen molar-refractivity contribution in [3.05, 3.63) is 53.3 Å². The zero-order valence-electron chi connectivity index (χ0n) is 8.14. The molecule has 88 valence electrons. The molecule has 1 heterocycles. The third-order valence-corrected chi connectivity index (χ3v) is 6.25. The Bertz CT molecular complexity index is 594. The average molecular weight is 443 g/mol. The average Bonchev–Trinajstić information content (AvgIpc) is 2.63. The molecule has 0 fully saturated rings. The molecule has 0 unspecified atom stereocenters. The lowest BCUT2D eigenvalue weighted by atomic mass is 10.1. The first-order valence-electron chi connectivity index (χ1n) is 4.43. The van der Waals surface area contributed by atoms with Gasteiger partial charge in [-0.3, -0.25) is 4.79 Å². The van der Waals surface area contributed by atoms with Crippen molar-refractivity contribution in [2.24, 2.45) is 0 Å².